The van der Waals surface area contributed by atoms with Crippen LogP contribution in [0.5, 0.6) is 0 Å². The zero-order valence-corrected chi connectivity index (χ0v) is 13.7. The summed E-state index contributed by atoms with van der Waals surface area (Å²) in [5.74, 6) is -0.336. The van der Waals surface area contributed by atoms with Crippen molar-refractivity contribution in [1.29, 1.82) is 5.26 Å². The lowest BCUT2D eigenvalue weighted by Crippen LogP contribution is -2.16. The first-order valence-corrected chi connectivity index (χ1v) is 8.23. The number of nitrogens with zero attached hydrogens (tertiary/aromatic N) is 4. The van der Waals surface area contributed by atoms with Gasteiger partial charge in [0.15, 0.2) is 0 Å². The molecular formula is C18H11N5OS. The average Bonchev–Trinajstić information content (AvgIpc) is 3.24. The second-order valence-electron chi connectivity index (χ2n) is 5.34. The van der Waals surface area contributed by atoms with Crippen LogP contribution in [0.15, 0.2) is 54.7 Å². The molecule has 0 saturated heterocycles. The highest BCUT2D eigenvalue weighted by molar-refractivity contribution is 7.21. The fourth-order valence-electron chi connectivity index (χ4n) is 2.48. The molecular weight excluding hydrogens is 334 g/mol. The minimum Gasteiger partial charge on any atom is -0.382 e. The monoisotopic (exact) mass is 345 g/mol. The quantitative estimate of drug-likeness (QED) is 0.601. The summed E-state index contributed by atoms with van der Waals surface area (Å²) < 4.78 is 2.15. The SMILES string of the molecule is N#Cc1cnn(C(=O)c2ccc(-c3nc4ccccc4s3)cc2)c1N. The molecule has 4 aromatic rings. The van der Waals surface area contributed by atoms with Crippen molar-refractivity contribution < 1.29 is 4.79 Å². The summed E-state index contributed by atoms with van der Waals surface area (Å²) >= 11 is 1.60. The minimum atomic E-state index is -0.380. The van der Waals surface area contributed by atoms with E-state index in [1.165, 1.54) is 6.20 Å². The highest BCUT2D eigenvalue weighted by atomic mass is 32.1. The van der Waals surface area contributed by atoms with E-state index in [1.807, 2.05) is 42.5 Å². The summed E-state index contributed by atoms with van der Waals surface area (Å²) in [6.45, 7) is 0. The van der Waals surface area contributed by atoms with Crippen molar-refractivity contribution in [2.45, 2.75) is 0 Å². The van der Waals surface area contributed by atoms with Gasteiger partial charge < -0.3 is 5.73 Å². The van der Waals surface area contributed by atoms with Crippen LogP contribution in [-0.2, 0) is 0 Å². The molecule has 0 radical (unpaired) electrons. The summed E-state index contributed by atoms with van der Waals surface area (Å²) in [4.78, 5) is 17.1. The van der Waals surface area contributed by atoms with E-state index in [0.29, 0.717) is 5.56 Å². The first kappa shape index (κ1) is 15.1. The summed E-state index contributed by atoms with van der Waals surface area (Å²) in [5.41, 5.74) is 8.27. The number of thiazole rings is 1. The van der Waals surface area contributed by atoms with E-state index >= 15 is 0 Å². The molecule has 0 amide bonds. The Morgan fingerprint density at radius 3 is 2.60 bits per heavy atom. The number of hydrogen-bond donors (Lipinski definition) is 1. The Morgan fingerprint density at radius 2 is 1.92 bits per heavy atom. The Bertz CT molecular complexity index is 1100. The van der Waals surface area contributed by atoms with E-state index < -0.39 is 0 Å². The molecule has 6 nitrogen and oxygen atoms in total. The Hall–Kier alpha value is -3.50. The van der Waals surface area contributed by atoms with Crippen molar-refractivity contribution in [1.82, 2.24) is 14.8 Å². The van der Waals surface area contributed by atoms with Crippen LogP contribution < -0.4 is 5.73 Å². The highest BCUT2D eigenvalue weighted by Crippen LogP contribution is 2.30. The molecule has 0 aliphatic rings. The second kappa shape index (κ2) is 5.85. The molecule has 4 rings (SSSR count). The molecule has 0 aliphatic heterocycles. The maximum atomic E-state index is 12.5. The van der Waals surface area contributed by atoms with Crippen molar-refractivity contribution in [3.8, 4) is 16.6 Å². The number of nitrogen functional groups attached to an aromatic ring is 1. The highest BCUT2D eigenvalue weighted by Gasteiger charge is 2.16. The lowest BCUT2D eigenvalue weighted by atomic mass is 10.1. The van der Waals surface area contributed by atoms with E-state index in [4.69, 9.17) is 11.0 Å². The number of para-hydroxylation sites is 1. The van der Waals surface area contributed by atoms with Crippen LogP contribution in [0.1, 0.15) is 15.9 Å². The lowest BCUT2D eigenvalue weighted by Gasteiger charge is -2.04. The Balaban J connectivity index is 1.66. The van der Waals surface area contributed by atoms with Crippen LogP contribution in [0.3, 0.4) is 0 Å². The summed E-state index contributed by atoms with van der Waals surface area (Å²) in [6, 6.07) is 16.9. The van der Waals surface area contributed by atoms with Crippen LogP contribution in [-0.4, -0.2) is 20.7 Å². The zero-order chi connectivity index (χ0) is 17.4. The average molecular weight is 345 g/mol. The third kappa shape index (κ3) is 2.55. The Labute approximate surface area is 146 Å². The molecule has 120 valence electrons. The normalized spacial score (nSPS) is 10.7. The van der Waals surface area contributed by atoms with E-state index in [9.17, 15) is 4.79 Å². The topological polar surface area (TPSA) is 97.6 Å². The van der Waals surface area contributed by atoms with Gasteiger partial charge in [0.1, 0.15) is 22.5 Å². The largest absolute Gasteiger partial charge is 0.382 e. The fraction of sp³-hybridized carbons (Fsp3) is 0. The van der Waals surface area contributed by atoms with E-state index in [2.05, 4.69) is 10.1 Å². The summed E-state index contributed by atoms with van der Waals surface area (Å²) in [7, 11) is 0. The van der Waals surface area contributed by atoms with Gasteiger partial charge in [0.2, 0.25) is 0 Å². The van der Waals surface area contributed by atoms with Gasteiger partial charge in [-0.1, -0.05) is 24.3 Å². The molecule has 0 saturated carbocycles. The molecule has 0 atom stereocenters. The van der Waals surface area contributed by atoms with Crippen molar-refractivity contribution in [3.05, 3.63) is 65.9 Å². The molecule has 0 fully saturated rings. The van der Waals surface area contributed by atoms with Gasteiger partial charge in [0, 0.05) is 11.1 Å². The van der Waals surface area contributed by atoms with Crippen LogP contribution in [0.2, 0.25) is 0 Å². The minimum absolute atomic E-state index is 0.0442. The number of benzene rings is 2. The number of nitrogens with two attached hydrogens (primary N) is 1. The van der Waals surface area contributed by atoms with Crippen LogP contribution in [0.4, 0.5) is 5.82 Å². The molecule has 0 spiro atoms. The fourth-order valence-corrected chi connectivity index (χ4v) is 3.45. The second-order valence-corrected chi connectivity index (χ2v) is 6.37. The molecule has 2 aromatic carbocycles. The number of anilines is 1. The predicted molar refractivity (Wildman–Crippen MR) is 96.1 cm³/mol. The molecule has 2 heterocycles. The van der Waals surface area contributed by atoms with E-state index in [-0.39, 0.29) is 17.3 Å². The third-order valence-electron chi connectivity index (χ3n) is 3.79. The lowest BCUT2D eigenvalue weighted by molar-refractivity contribution is 0.0948. The first-order valence-electron chi connectivity index (χ1n) is 7.41. The molecule has 2 N–H and O–H groups in total. The van der Waals surface area contributed by atoms with Crippen LogP contribution >= 0.6 is 11.3 Å². The number of carbonyl (C=O) groups excluding carboxylic acids is 1. The zero-order valence-electron chi connectivity index (χ0n) is 12.9. The van der Waals surface area contributed by atoms with Crippen LogP contribution in [0, 0.1) is 11.3 Å². The van der Waals surface area contributed by atoms with E-state index in [1.54, 1.807) is 23.5 Å². The van der Waals surface area contributed by atoms with Crippen molar-refractivity contribution in [3.63, 3.8) is 0 Å². The molecule has 2 aromatic heterocycles. The number of nitriles is 1. The van der Waals surface area contributed by atoms with Crippen LogP contribution in [0.25, 0.3) is 20.8 Å². The van der Waals surface area contributed by atoms with Crippen molar-refractivity contribution >= 4 is 33.3 Å². The van der Waals surface area contributed by atoms with Gasteiger partial charge in [0.05, 0.1) is 16.4 Å². The Morgan fingerprint density at radius 1 is 1.16 bits per heavy atom. The third-order valence-corrected chi connectivity index (χ3v) is 4.88. The number of rotatable bonds is 2. The first-order chi connectivity index (χ1) is 12.2. The molecule has 0 bridgehead atoms. The summed E-state index contributed by atoms with van der Waals surface area (Å²) in [5, 5.41) is 13.7. The summed E-state index contributed by atoms with van der Waals surface area (Å²) in [6.07, 6.45) is 1.28. The van der Waals surface area contributed by atoms with Gasteiger partial charge in [-0.25, -0.2) is 4.98 Å². The molecule has 0 aliphatic carbocycles. The number of aromatic nitrogens is 3. The van der Waals surface area contributed by atoms with E-state index in [0.717, 1.165) is 25.5 Å². The number of carbonyl (C=O) groups is 1. The number of hydrogen-bond acceptors (Lipinski definition) is 6. The van der Waals surface area contributed by atoms with Gasteiger partial charge in [-0.15, -0.1) is 11.3 Å². The smallest absolute Gasteiger partial charge is 0.280 e. The van der Waals surface area contributed by atoms with Gasteiger partial charge in [-0.3, -0.25) is 4.79 Å². The van der Waals surface area contributed by atoms with Crippen molar-refractivity contribution in [2.75, 3.05) is 5.73 Å². The molecule has 25 heavy (non-hydrogen) atoms. The number of fused-ring (bicyclic) bond motifs is 1. The maximum Gasteiger partial charge on any atom is 0.280 e. The van der Waals surface area contributed by atoms with Crippen molar-refractivity contribution in [2.24, 2.45) is 0 Å². The molecule has 7 heteroatoms. The van der Waals surface area contributed by atoms with Gasteiger partial charge in [-0.2, -0.15) is 15.0 Å². The Kier molecular flexibility index (Phi) is 3.52. The van der Waals surface area contributed by atoms with Gasteiger partial charge in [-0.05, 0) is 24.3 Å². The van der Waals surface area contributed by atoms with Gasteiger partial charge >= 0.3 is 0 Å². The molecule has 0 unspecified atom stereocenters. The standard InChI is InChI=1S/C18H11N5OS/c19-9-13-10-21-23(16(13)20)18(24)12-7-5-11(6-8-12)17-22-14-3-1-2-4-15(14)25-17/h1-8,10H,20H2. The predicted octanol–water partition coefficient (Wildman–Crippen LogP) is 3.30. The maximum absolute atomic E-state index is 12.5. The van der Waals surface area contributed by atoms with Gasteiger partial charge in [0.25, 0.3) is 5.91 Å².